The number of aromatic nitrogens is 3. The number of anilines is 3. The average Bonchev–Trinajstić information content (AvgIpc) is 3.33. The molecule has 9 nitrogen and oxygen atoms in total. The Balaban J connectivity index is 1.67. The van der Waals surface area contributed by atoms with Gasteiger partial charge in [0.2, 0.25) is 5.91 Å². The summed E-state index contributed by atoms with van der Waals surface area (Å²) in [5.41, 5.74) is 2.30. The van der Waals surface area contributed by atoms with E-state index in [0.717, 1.165) is 29.4 Å². The number of halogens is 3. The number of carbonyl (C=O) groups is 2. The molecule has 0 aliphatic rings. The van der Waals surface area contributed by atoms with Crippen molar-refractivity contribution in [3.63, 3.8) is 0 Å². The highest BCUT2D eigenvalue weighted by Gasteiger charge is 2.30. The molecule has 3 amide bonds. The van der Waals surface area contributed by atoms with Crippen molar-refractivity contribution in [2.45, 2.75) is 50.7 Å². The first kappa shape index (κ1) is 33.7. The number of ether oxygens (including phenoxy) is 1. The molecule has 0 aliphatic carbocycles. The first-order chi connectivity index (χ1) is 21.2. The first-order valence-corrected chi connectivity index (χ1v) is 19.0. The van der Waals surface area contributed by atoms with Crippen LogP contribution < -0.4 is 16.0 Å². The predicted octanol–water partition coefficient (Wildman–Crippen LogP) is 8.27. The van der Waals surface area contributed by atoms with E-state index in [0.29, 0.717) is 34.5 Å². The van der Waals surface area contributed by atoms with E-state index in [2.05, 4.69) is 40.6 Å². The summed E-state index contributed by atoms with van der Waals surface area (Å²) < 4.78 is 47.4. The zero-order valence-electron chi connectivity index (χ0n) is 25.6. The molecule has 0 radical (unpaired) electrons. The first-order valence-electron chi connectivity index (χ1n) is 14.1. The number of urea groups is 1. The van der Waals surface area contributed by atoms with Crippen LogP contribution in [0.15, 0.2) is 72.0 Å². The second-order valence-electron chi connectivity index (χ2n) is 11.4. The molecule has 0 atom stereocenters. The number of benzene rings is 2. The van der Waals surface area contributed by atoms with Crippen LogP contribution in [0, 0.1) is 0 Å². The number of thioether (sulfide) groups is 1. The van der Waals surface area contributed by atoms with Gasteiger partial charge < -0.3 is 20.7 Å². The van der Waals surface area contributed by atoms with Gasteiger partial charge in [-0.15, -0.1) is 0 Å². The number of rotatable bonds is 11. The lowest BCUT2D eigenvalue weighted by atomic mass is 10.0. The lowest BCUT2D eigenvalue weighted by Gasteiger charge is -2.17. The summed E-state index contributed by atoms with van der Waals surface area (Å²) in [6.45, 7) is 9.11. The Hall–Kier alpha value is -4.14. The van der Waals surface area contributed by atoms with E-state index in [1.807, 2.05) is 23.0 Å². The molecular weight excluding hydrogens is 622 g/mol. The normalized spacial score (nSPS) is 11.7. The van der Waals surface area contributed by atoms with Crippen LogP contribution in [0.5, 0.6) is 0 Å². The second-order valence-corrected chi connectivity index (χ2v) is 17.8. The Morgan fingerprint density at radius 2 is 1.64 bits per heavy atom. The number of hydrogen-bond donors (Lipinski definition) is 3. The molecule has 2 heterocycles. The van der Waals surface area contributed by atoms with Crippen LogP contribution in [0.2, 0.25) is 25.7 Å². The molecule has 0 spiro atoms. The SMILES string of the molecule is CSc1nc(-c2cccc(NC(=O)Nc3cccc(C(F)(F)F)c3)c2)c(-c2ccnc(NC(C)=O)c2)n1COCC[Si](C)(C)C. The third-order valence-corrected chi connectivity index (χ3v) is 8.89. The summed E-state index contributed by atoms with van der Waals surface area (Å²) in [6.07, 6.45) is -1.02. The number of hydrogen-bond acceptors (Lipinski definition) is 6. The molecule has 2 aromatic carbocycles. The minimum absolute atomic E-state index is 0.00547. The van der Waals surface area contributed by atoms with Gasteiger partial charge in [-0.2, -0.15) is 13.2 Å². The van der Waals surface area contributed by atoms with Gasteiger partial charge in [0.1, 0.15) is 12.5 Å². The van der Waals surface area contributed by atoms with Gasteiger partial charge in [0.25, 0.3) is 0 Å². The summed E-state index contributed by atoms with van der Waals surface area (Å²) >= 11 is 1.45. The van der Waals surface area contributed by atoms with Crippen molar-refractivity contribution in [1.29, 1.82) is 0 Å². The summed E-state index contributed by atoms with van der Waals surface area (Å²) in [5, 5.41) is 8.56. The molecule has 4 rings (SSSR count). The largest absolute Gasteiger partial charge is 0.416 e. The summed E-state index contributed by atoms with van der Waals surface area (Å²) in [4.78, 5) is 33.7. The summed E-state index contributed by atoms with van der Waals surface area (Å²) in [5.74, 6) is 0.126. The summed E-state index contributed by atoms with van der Waals surface area (Å²) in [6, 6.07) is 15.3. The van der Waals surface area contributed by atoms with Crippen molar-refractivity contribution in [2.24, 2.45) is 0 Å². The Kier molecular flexibility index (Phi) is 10.7. The van der Waals surface area contributed by atoms with Crippen LogP contribution in [-0.4, -0.2) is 47.4 Å². The third kappa shape index (κ3) is 9.42. The average molecular weight is 657 g/mol. The quantitative estimate of drug-likeness (QED) is 0.0852. The molecule has 4 aromatic rings. The Morgan fingerprint density at radius 3 is 2.29 bits per heavy atom. The minimum atomic E-state index is -4.53. The van der Waals surface area contributed by atoms with Gasteiger partial charge in [-0.1, -0.05) is 49.6 Å². The number of alkyl halides is 3. The number of nitrogens with zero attached hydrogens (tertiary/aromatic N) is 3. The molecule has 0 saturated carbocycles. The van der Waals surface area contributed by atoms with Crippen molar-refractivity contribution in [3.8, 4) is 22.5 Å². The Morgan fingerprint density at radius 1 is 0.956 bits per heavy atom. The number of imidazole rings is 1. The smallest absolute Gasteiger partial charge is 0.361 e. The third-order valence-electron chi connectivity index (χ3n) is 6.51. The van der Waals surface area contributed by atoms with Crippen LogP contribution in [0.1, 0.15) is 12.5 Å². The number of nitrogens with one attached hydrogen (secondary N) is 3. The van der Waals surface area contributed by atoms with Gasteiger partial charge in [-0.3, -0.25) is 9.36 Å². The molecule has 238 valence electrons. The maximum Gasteiger partial charge on any atom is 0.416 e. The Bertz CT molecular complexity index is 1670. The van der Waals surface area contributed by atoms with E-state index in [4.69, 9.17) is 9.72 Å². The monoisotopic (exact) mass is 656 g/mol. The molecule has 0 saturated heterocycles. The van der Waals surface area contributed by atoms with Crippen molar-refractivity contribution in [2.75, 3.05) is 28.8 Å². The zero-order chi connectivity index (χ0) is 32.8. The van der Waals surface area contributed by atoms with Gasteiger partial charge in [0, 0.05) is 50.3 Å². The topological polar surface area (TPSA) is 110 Å². The highest BCUT2D eigenvalue weighted by atomic mass is 32.2. The lowest BCUT2D eigenvalue weighted by molar-refractivity contribution is -0.137. The van der Waals surface area contributed by atoms with Gasteiger partial charge in [0.05, 0.1) is 17.0 Å². The molecule has 0 unspecified atom stereocenters. The maximum atomic E-state index is 13.1. The van der Waals surface area contributed by atoms with Crippen LogP contribution in [0.25, 0.3) is 22.5 Å². The summed E-state index contributed by atoms with van der Waals surface area (Å²) in [7, 11) is -1.31. The minimum Gasteiger partial charge on any atom is -0.361 e. The highest BCUT2D eigenvalue weighted by molar-refractivity contribution is 7.98. The van der Waals surface area contributed by atoms with E-state index in [-0.39, 0.29) is 18.3 Å². The van der Waals surface area contributed by atoms with Gasteiger partial charge in [0.15, 0.2) is 5.16 Å². The molecular formula is C31H35F3N6O3SSi. The zero-order valence-corrected chi connectivity index (χ0v) is 27.4. The van der Waals surface area contributed by atoms with Gasteiger partial charge in [-0.25, -0.2) is 14.8 Å². The molecule has 0 aliphatic heterocycles. The van der Waals surface area contributed by atoms with Crippen molar-refractivity contribution in [3.05, 3.63) is 72.4 Å². The van der Waals surface area contributed by atoms with Crippen molar-refractivity contribution >= 4 is 49.0 Å². The number of pyridine rings is 1. The van der Waals surface area contributed by atoms with Crippen LogP contribution in [0.3, 0.4) is 0 Å². The predicted molar refractivity (Wildman–Crippen MR) is 175 cm³/mol. The van der Waals surface area contributed by atoms with Gasteiger partial charge >= 0.3 is 12.2 Å². The highest BCUT2D eigenvalue weighted by Crippen LogP contribution is 2.37. The van der Waals surface area contributed by atoms with E-state index >= 15 is 0 Å². The van der Waals surface area contributed by atoms with Crippen LogP contribution in [-0.2, 0) is 22.4 Å². The fourth-order valence-electron chi connectivity index (χ4n) is 4.37. The number of carbonyl (C=O) groups excluding carboxylic acids is 2. The van der Waals surface area contributed by atoms with E-state index in [1.54, 1.807) is 30.5 Å². The van der Waals surface area contributed by atoms with E-state index in [1.165, 1.54) is 30.8 Å². The molecule has 45 heavy (non-hydrogen) atoms. The van der Waals surface area contributed by atoms with E-state index < -0.39 is 25.8 Å². The Labute approximate surface area is 265 Å². The maximum absolute atomic E-state index is 13.1. The number of amides is 3. The fraction of sp³-hybridized carbons (Fsp3) is 0.290. The molecule has 0 bridgehead atoms. The lowest BCUT2D eigenvalue weighted by Crippen LogP contribution is -2.22. The van der Waals surface area contributed by atoms with Gasteiger partial charge in [-0.05, 0) is 54.8 Å². The molecule has 2 aromatic heterocycles. The van der Waals surface area contributed by atoms with Crippen molar-refractivity contribution in [1.82, 2.24) is 14.5 Å². The van der Waals surface area contributed by atoms with Crippen LogP contribution >= 0.6 is 11.8 Å². The molecule has 0 fully saturated rings. The molecule has 14 heteroatoms. The fourth-order valence-corrected chi connectivity index (χ4v) is 5.68. The van der Waals surface area contributed by atoms with Crippen LogP contribution in [0.4, 0.5) is 35.2 Å². The van der Waals surface area contributed by atoms with Crippen molar-refractivity contribution < 1.29 is 27.5 Å². The van der Waals surface area contributed by atoms with E-state index in [9.17, 15) is 22.8 Å². The molecule has 3 N–H and O–H groups in total. The standard InChI is InChI=1S/C31H35F3N6O3SSi/c1-20(41)36-26-17-22(12-13-35-26)28-27(39-30(44-2)40(28)19-43-14-15-45(3,4)5)21-8-6-10-24(16-21)37-29(42)38-25-11-7-9-23(18-25)31(32,33)34/h6-13,16-18H,14-15,19H2,1-5H3,(H,35,36,41)(H2,37,38,42). The second kappa shape index (κ2) is 14.3.